The number of rotatable bonds is 7. The monoisotopic (exact) mass is 499 g/mol. The van der Waals surface area contributed by atoms with Crippen molar-refractivity contribution in [1.82, 2.24) is 0 Å². The third kappa shape index (κ3) is 5.64. The zero-order valence-corrected chi connectivity index (χ0v) is 19.5. The van der Waals surface area contributed by atoms with Gasteiger partial charge in [-0.15, -0.1) is 0 Å². The molecule has 0 bridgehead atoms. The molecule has 0 saturated carbocycles. The molecule has 13 heteroatoms. The summed E-state index contributed by atoms with van der Waals surface area (Å²) in [5, 5.41) is 8.88. The summed E-state index contributed by atoms with van der Waals surface area (Å²) in [5.41, 5.74) is -6.72. The molecule has 1 aliphatic heterocycles. The normalized spacial score (nSPS) is 17.3. The van der Waals surface area contributed by atoms with Gasteiger partial charge in [0.2, 0.25) is 0 Å². The molecule has 0 radical (unpaired) electrons. The minimum Gasteiger partial charge on any atom is -0.457 e. The summed E-state index contributed by atoms with van der Waals surface area (Å²) in [6.07, 6.45) is 0. The van der Waals surface area contributed by atoms with Gasteiger partial charge < -0.3 is 22.9 Å². The van der Waals surface area contributed by atoms with Crippen LogP contribution in [0.3, 0.4) is 0 Å². The highest BCUT2D eigenvalue weighted by molar-refractivity contribution is 7.88. The quantitative estimate of drug-likeness (QED) is 0.307. The molecule has 0 atom stereocenters. The van der Waals surface area contributed by atoms with Gasteiger partial charge in [0.15, 0.2) is 0 Å². The van der Waals surface area contributed by atoms with Gasteiger partial charge in [0.1, 0.15) is 17.2 Å². The lowest BCUT2D eigenvalue weighted by Crippen LogP contribution is -2.41. The fourth-order valence-corrected chi connectivity index (χ4v) is 3.22. The minimum absolute atomic E-state index is 0.0614. The molecule has 0 aliphatic carbocycles. The lowest BCUT2D eigenvalue weighted by molar-refractivity contribution is -0.0500. The summed E-state index contributed by atoms with van der Waals surface area (Å²) in [5.74, 6) is -0.0941. The molecule has 1 heterocycles. The van der Waals surface area contributed by atoms with Crippen LogP contribution in [-0.2, 0) is 30.7 Å². The summed E-state index contributed by atoms with van der Waals surface area (Å²) in [6.45, 7) is 6.73. The molecule has 2 aromatic rings. The van der Waals surface area contributed by atoms with Crippen molar-refractivity contribution in [3.8, 4) is 23.3 Å². The predicted molar refractivity (Wildman–Crippen MR) is 114 cm³/mol. The van der Waals surface area contributed by atoms with Crippen LogP contribution in [0.4, 0.5) is 13.2 Å². The van der Waals surface area contributed by atoms with Crippen LogP contribution in [0, 0.1) is 11.3 Å². The van der Waals surface area contributed by atoms with Crippen molar-refractivity contribution in [3.63, 3.8) is 0 Å². The third-order valence-electron chi connectivity index (χ3n) is 5.34. The van der Waals surface area contributed by atoms with E-state index in [2.05, 4.69) is 4.18 Å². The van der Waals surface area contributed by atoms with Crippen LogP contribution < -0.4 is 8.92 Å². The second kappa shape index (κ2) is 9.11. The zero-order chi connectivity index (χ0) is 25.4. The van der Waals surface area contributed by atoms with Crippen LogP contribution in [0.5, 0.6) is 17.2 Å². The smallest absolute Gasteiger partial charge is 0.457 e. The summed E-state index contributed by atoms with van der Waals surface area (Å²) >= 11 is 0. The first-order chi connectivity index (χ1) is 15.6. The number of benzene rings is 2. The van der Waals surface area contributed by atoms with E-state index in [1.165, 1.54) is 36.4 Å². The second-order valence-corrected chi connectivity index (χ2v) is 9.88. The van der Waals surface area contributed by atoms with Crippen molar-refractivity contribution in [1.29, 1.82) is 5.26 Å². The highest BCUT2D eigenvalue weighted by atomic mass is 32.2. The van der Waals surface area contributed by atoms with E-state index in [0.29, 0.717) is 11.3 Å². The van der Waals surface area contributed by atoms with Crippen LogP contribution in [0.1, 0.15) is 38.8 Å². The molecular formula is C21H21BF3NO7S. The Kier molecular flexibility index (Phi) is 6.92. The Labute approximate surface area is 195 Å². The van der Waals surface area contributed by atoms with E-state index in [1.807, 2.05) is 6.07 Å². The second-order valence-electron chi connectivity index (χ2n) is 8.35. The van der Waals surface area contributed by atoms with Crippen LogP contribution in [0.15, 0.2) is 42.5 Å². The van der Waals surface area contributed by atoms with Crippen LogP contribution >= 0.6 is 0 Å². The van der Waals surface area contributed by atoms with Gasteiger partial charge in [0, 0.05) is 5.56 Å². The Bertz CT molecular complexity index is 1180. The first-order valence-corrected chi connectivity index (χ1v) is 11.3. The summed E-state index contributed by atoms with van der Waals surface area (Å²) in [7, 11) is -7.07. The van der Waals surface area contributed by atoms with E-state index in [4.69, 9.17) is 24.0 Å². The van der Waals surface area contributed by atoms with Crippen molar-refractivity contribution < 1.29 is 44.5 Å². The highest BCUT2D eigenvalue weighted by Gasteiger charge is 2.53. The van der Waals surface area contributed by atoms with Gasteiger partial charge in [-0.05, 0) is 70.2 Å². The number of halogens is 3. The van der Waals surface area contributed by atoms with Crippen LogP contribution in [0.25, 0.3) is 0 Å². The third-order valence-corrected chi connectivity index (χ3v) is 6.31. The topological polar surface area (TPSA) is 104 Å². The van der Waals surface area contributed by atoms with Crippen molar-refractivity contribution in [2.24, 2.45) is 0 Å². The van der Waals surface area contributed by atoms with Gasteiger partial charge in [0.25, 0.3) is 0 Å². The molecule has 3 rings (SSSR count). The first kappa shape index (κ1) is 25.8. The molecule has 8 nitrogen and oxygen atoms in total. The fourth-order valence-electron chi connectivity index (χ4n) is 2.73. The van der Waals surface area contributed by atoms with E-state index in [0.717, 1.165) is 6.07 Å². The molecule has 34 heavy (non-hydrogen) atoms. The number of hydrogen-bond acceptors (Lipinski definition) is 8. The Balaban J connectivity index is 1.86. The van der Waals surface area contributed by atoms with Crippen LogP contribution in [-0.4, -0.2) is 32.4 Å². The largest absolute Gasteiger partial charge is 0.640 e. The maximum absolute atomic E-state index is 12.8. The Morgan fingerprint density at radius 1 is 1.00 bits per heavy atom. The number of ether oxygens (including phenoxy) is 1. The van der Waals surface area contributed by atoms with Crippen molar-refractivity contribution in [3.05, 3.63) is 53.6 Å². The Hall–Kier alpha value is -2.79. The summed E-state index contributed by atoms with van der Waals surface area (Å²) < 4.78 is 88.5. The maximum atomic E-state index is 12.8. The predicted octanol–water partition coefficient (Wildman–Crippen LogP) is 4.68. The molecule has 1 saturated heterocycles. The van der Waals surface area contributed by atoms with Gasteiger partial charge in [-0.3, -0.25) is 0 Å². The summed E-state index contributed by atoms with van der Waals surface area (Å²) in [4.78, 5) is 0. The number of alkyl halides is 3. The Morgan fingerprint density at radius 3 is 2.09 bits per heavy atom. The highest BCUT2D eigenvalue weighted by Crippen LogP contribution is 2.38. The molecule has 182 valence electrons. The van der Waals surface area contributed by atoms with Crippen LogP contribution in [0.2, 0.25) is 0 Å². The molecule has 1 fully saturated rings. The number of nitrogens with zero attached hydrogens (tertiary/aromatic N) is 1. The van der Waals surface area contributed by atoms with Gasteiger partial charge in [0.05, 0.1) is 29.4 Å². The van der Waals surface area contributed by atoms with Gasteiger partial charge >= 0.3 is 22.9 Å². The molecule has 1 aliphatic rings. The number of hydrogen-bond donors (Lipinski definition) is 0. The number of nitriles is 1. The lowest BCUT2D eigenvalue weighted by Gasteiger charge is -2.31. The standard InChI is InChI=1S/C21H21BF3NO7S/c1-19(2)20(3,4)33-22(32-19)29-13-15-11-17(30-16-7-5-14(12-26)6-8-16)9-10-18(15)31-34(27,28)21(23,24)25/h5-11H,13H2,1-4H3. The van der Waals surface area contributed by atoms with Crippen molar-refractivity contribution in [2.75, 3.05) is 0 Å². The van der Waals surface area contributed by atoms with E-state index < -0.39 is 46.5 Å². The molecule has 0 unspecified atom stereocenters. The average molecular weight is 499 g/mol. The van der Waals surface area contributed by atoms with Crippen molar-refractivity contribution in [2.45, 2.75) is 51.0 Å². The molecule has 0 spiro atoms. The summed E-state index contributed by atoms with van der Waals surface area (Å²) in [6, 6.07) is 11.6. The van der Waals surface area contributed by atoms with E-state index >= 15 is 0 Å². The van der Waals surface area contributed by atoms with Gasteiger partial charge in [-0.1, -0.05) is 0 Å². The maximum Gasteiger partial charge on any atom is 0.640 e. The molecular weight excluding hydrogens is 478 g/mol. The van der Waals surface area contributed by atoms with E-state index in [1.54, 1.807) is 27.7 Å². The molecule has 0 amide bonds. The van der Waals surface area contributed by atoms with E-state index in [9.17, 15) is 21.6 Å². The molecule has 0 aromatic heterocycles. The molecule has 2 aromatic carbocycles. The average Bonchev–Trinajstić information content (AvgIpc) is 2.94. The minimum atomic E-state index is -5.92. The molecule has 0 N–H and O–H groups in total. The SMILES string of the molecule is CC1(C)OB(OCc2cc(Oc3ccc(C#N)cc3)ccc2OS(=O)(=O)C(F)(F)F)OC1(C)C. The lowest BCUT2D eigenvalue weighted by atomic mass is 9.90. The van der Waals surface area contributed by atoms with E-state index in [-0.39, 0.29) is 11.3 Å². The van der Waals surface area contributed by atoms with Gasteiger partial charge in [-0.25, -0.2) is 0 Å². The van der Waals surface area contributed by atoms with Gasteiger partial charge in [-0.2, -0.15) is 26.9 Å². The zero-order valence-electron chi connectivity index (χ0n) is 18.7. The fraction of sp³-hybridized carbons (Fsp3) is 0.381. The Morgan fingerprint density at radius 2 is 1.56 bits per heavy atom. The first-order valence-electron chi connectivity index (χ1n) is 9.92. The van der Waals surface area contributed by atoms with Crippen molar-refractivity contribution >= 4 is 17.4 Å².